The van der Waals surface area contributed by atoms with Crippen molar-refractivity contribution in [2.24, 2.45) is 0 Å². The quantitative estimate of drug-likeness (QED) is 0.792. The summed E-state index contributed by atoms with van der Waals surface area (Å²) in [6.07, 6.45) is 1.19. The maximum Gasteiger partial charge on any atom is 0.222 e. The predicted octanol–water partition coefficient (Wildman–Crippen LogP) is 2.09. The molecular weight excluding hydrogens is 367 g/mol. The Morgan fingerprint density at radius 3 is 2.68 bits per heavy atom. The number of hydrogen-bond donors (Lipinski definition) is 0. The van der Waals surface area contributed by atoms with Gasteiger partial charge in [-0.3, -0.25) is 9.69 Å². The molecule has 5 nitrogen and oxygen atoms in total. The summed E-state index contributed by atoms with van der Waals surface area (Å²) in [7, 11) is -3.17. The van der Waals surface area contributed by atoms with Crippen molar-refractivity contribution in [2.75, 3.05) is 24.6 Å². The monoisotopic (exact) mass is 388 g/mol. The van der Waals surface area contributed by atoms with Crippen LogP contribution in [0.3, 0.4) is 0 Å². The van der Waals surface area contributed by atoms with E-state index in [1.165, 1.54) is 6.07 Å². The first kappa shape index (κ1) is 18.6. The molecular formula is C17H22ClFN2O3S. The number of rotatable bonds is 4. The molecule has 25 heavy (non-hydrogen) atoms. The SMILES string of the molecule is CCCC(=O)N1CCN(Cc2ccc(F)c(Cl)c2)C2CS(=O)(=O)CC21. The summed E-state index contributed by atoms with van der Waals surface area (Å²) < 4.78 is 37.7. The first-order valence-electron chi connectivity index (χ1n) is 8.48. The average molecular weight is 389 g/mol. The van der Waals surface area contributed by atoms with Crippen LogP contribution in [0.5, 0.6) is 0 Å². The van der Waals surface area contributed by atoms with E-state index in [2.05, 4.69) is 4.90 Å². The zero-order valence-corrected chi connectivity index (χ0v) is 15.7. The minimum absolute atomic E-state index is 0.0216. The van der Waals surface area contributed by atoms with Crippen LogP contribution in [0.4, 0.5) is 4.39 Å². The number of halogens is 2. The highest BCUT2D eigenvalue weighted by atomic mass is 35.5. The number of carbonyl (C=O) groups excluding carboxylic acids is 1. The summed E-state index contributed by atoms with van der Waals surface area (Å²) in [5.74, 6) is -0.364. The van der Waals surface area contributed by atoms with Crippen LogP contribution < -0.4 is 0 Å². The van der Waals surface area contributed by atoms with Crippen molar-refractivity contribution in [3.63, 3.8) is 0 Å². The smallest absolute Gasteiger partial charge is 0.222 e. The molecule has 2 unspecified atom stereocenters. The molecule has 8 heteroatoms. The molecule has 0 aliphatic carbocycles. The second-order valence-corrected chi connectivity index (χ2v) is 9.33. The molecule has 0 bridgehead atoms. The van der Waals surface area contributed by atoms with Gasteiger partial charge in [-0.05, 0) is 24.1 Å². The predicted molar refractivity (Wildman–Crippen MR) is 94.7 cm³/mol. The Morgan fingerprint density at radius 1 is 1.28 bits per heavy atom. The second kappa shape index (κ2) is 7.21. The van der Waals surface area contributed by atoms with E-state index in [1.807, 2.05) is 6.92 Å². The number of amides is 1. The first-order chi connectivity index (χ1) is 11.8. The molecule has 2 fully saturated rings. The molecule has 0 N–H and O–H groups in total. The summed E-state index contributed by atoms with van der Waals surface area (Å²) in [6.45, 7) is 3.55. The van der Waals surface area contributed by atoms with E-state index in [0.29, 0.717) is 26.1 Å². The fourth-order valence-electron chi connectivity index (χ4n) is 3.76. The van der Waals surface area contributed by atoms with E-state index in [-0.39, 0.29) is 34.5 Å². The third-order valence-electron chi connectivity index (χ3n) is 4.94. The van der Waals surface area contributed by atoms with Crippen molar-refractivity contribution in [1.82, 2.24) is 9.80 Å². The van der Waals surface area contributed by atoms with Crippen molar-refractivity contribution in [2.45, 2.75) is 38.4 Å². The molecule has 1 aromatic rings. The molecule has 0 aromatic heterocycles. The van der Waals surface area contributed by atoms with Gasteiger partial charge in [-0.15, -0.1) is 0 Å². The molecule has 0 radical (unpaired) electrons. The fourth-order valence-corrected chi connectivity index (χ4v) is 5.98. The van der Waals surface area contributed by atoms with Gasteiger partial charge in [0.1, 0.15) is 5.82 Å². The standard InChI is InChI=1S/C17H22ClFN2O3S/c1-2-3-17(22)21-7-6-20(15-10-25(23,24)11-16(15)21)9-12-4-5-14(19)13(18)8-12/h4-5,8,15-16H,2-3,6-7,9-11H2,1H3. The molecule has 2 heterocycles. The van der Waals surface area contributed by atoms with Gasteiger partial charge in [0, 0.05) is 32.1 Å². The van der Waals surface area contributed by atoms with E-state index in [0.717, 1.165) is 12.0 Å². The van der Waals surface area contributed by atoms with Crippen LogP contribution in [0, 0.1) is 5.82 Å². The van der Waals surface area contributed by atoms with Crippen LogP contribution in [-0.2, 0) is 21.2 Å². The lowest BCUT2D eigenvalue weighted by Gasteiger charge is -2.44. The van der Waals surface area contributed by atoms with E-state index < -0.39 is 15.7 Å². The Kier molecular flexibility index (Phi) is 5.37. The summed E-state index contributed by atoms with van der Waals surface area (Å²) in [6, 6.07) is 4.04. The zero-order chi connectivity index (χ0) is 18.2. The van der Waals surface area contributed by atoms with Crippen LogP contribution in [0.2, 0.25) is 5.02 Å². The molecule has 2 aliphatic rings. The Bertz CT molecular complexity index is 771. The van der Waals surface area contributed by atoms with E-state index in [9.17, 15) is 17.6 Å². The number of fused-ring (bicyclic) bond motifs is 1. The molecule has 1 aromatic carbocycles. The van der Waals surface area contributed by atoms with Gasteiger partial charge in [-0.1, -0.05) is 24.6 Å². The lowest BCUT2D eigenvalue weighted by Crippen LogP contribution is -2.60. The van der Waals surface area contributed by atoms with Crippen molar-refractivity contribution in [1.29, 1.82) is 0 Å². The molecule has 2 atom stereocenters. The Labute approximate surface area is 152 Å². The Balaban J connectivity index is 1.80. The summed E-state index contributed by atoms with van der Waals surface area (Å²) >= 11 is 5.85. The van der Waals surface area contributed by atoms with Gasteiger partial charge < -0.3 is 4.90 Å². The van der Waals surface area contributed by atoms with Crippen LogP contribution in [0.1, 0.15) is 25.3 Å². The number of nitrogens with zero attached hydrogens (tertiary/aromatic N) is 2. The lowest BCUT2D eigenvalue weighted by atomic mass is 10.0. The third-order valence-corrected chi connectivity index (χ3v) is 6.93. The van der Waals surface area contributed by atoms with Gasteiger partial charge in [-0.25, -0.2) is 12.8 Å². The number of piperazine rings is 1. The molecule has 3 rings (SSSR count). The average Bonchev–Trinajstić information content (AvgIpc) is 2.87. The van der Waals surface area contributed by atoms with Gasteiger partial charge in [0.05, 0.1) is 22.6 Å². The number of sulfone groups is 1. The second-order valence-electron chi connectivity index (χ2n) is 6.77. The van der Waals surface area contributed by atoms with Crippen molar-refractivity contribution < 1.29 is 17.6 Å². The normalized spacial score (nSPS) is 25.8. The van der Waals surface area contributed by atoms with Crippen LogP contribution in [-0.4, -0.2) is 60.8 Å². The molecule has 138 valence electrons. The van der Waals surface area contributed by atoms with Gasteiger partial charge in [0.25, 0.3) is 0 Å². The minimum Gasteiger partial charge on any atom is -0.336 e. The molecule has 1 amide bonds. The molecule has 0 spiro atoms. The molecule has 0 saturated carbocycles. The number of hydrogen-bond acceptors (Lipinski definition) is 4. The lowest BCUT2D eigenvalue weighted by molar-refractivity contribution is -0.137. The highest BCUT2D eigenvalue weighted by molar-refractivity contribution is 7.91. The Hall–Kier alpha value is -1.18. The largest absolute Gasteiger partial charge is 0.336 e. The summed E-state index contributed by atoms with van der Waals surface area (Å²) in [5.41, 5.74) is 0.836. The zero-order valence-electron chi connectivity index (χ0n) is 14.1. The van der Waals surface area contributed by atoms with E-state index in [1.54, 1.807) is 17.0 Å². The van der Waals surface area contributed by atoms with Crippen molar-refractivity contribution >= 4 is 27.3 Å². The highest BCUT2D eigenvalue weighted by Gasteiger charge is 2.47. The summed E-state index contributed by atoms with van der Waals surface area (Å²) in [4.78, 5) is 16.2. The van der Waals surface area contributed by atoms with E-state index in [4.69, 9.17) is 11.6 Å². The molecule has 2 saturated heterocycles. The maximum atomic E-state index is 13.3. The molecule has 2 aliphatic heterocycles. The summed E-state index contributed by atoms with van der Waals surface area (Å²) in [5, 5.41) is 0.0600. The van der Waals surface area contributed by atoms with Crippen molar-refractivity contribution in [3.05, 3.63) is 34.6 Å². The highest BCUT2D eigenvalue weighted by Crippen LogP contribution is 2.29. The van der Waals surface area contributed by atoms with Crippen LogP contribution in [0.25, 0.3) is 0 Å². The number of benzene rings is 1. The maximum absolute atomic E-state index is 13.3. The van der Waals surface area contributed by atoms with Gasteiger partial charge in [0.2, 0.25) is 5.91 Å². The van der Waals surface area contributed by atoms with Crippen LogP contribution in [0.15, 0.2) is 18.2 Å². The van der Waals surface area contributed by atoms with Crippen molar-refractivity contribution in [3.8, 4) is 0 Å². The first-order valence-corrected chi connectivity index (χ1v) is 10.7. The van der Waals surface area contributed by atoms with Gasteiger partial charge in [0.15, 0.2) is 9.84 Å². The fraction of sp³-hybridized carbons (Fsp3) is 0.588. The topological polar surface area (TPSA) is 57.7 Å². The van der Waals surface area contributed by atoms with Crippen LogP contribution >= 0.6 is 11.6 Å². The third kappa shape index (κ3) is 3.99. The number of carbonyl (C=O) groups is 1. The van der Waals surface area contributed by atoms with E-state index >= 15 is 0 Å². The Morgan fingerprint density at radius 2 is 2.00 bits per heavy atom. The van der Waals surface area contributed by atoms with Gasteiger partial charge in [-0.2, -0.15) is 0 Å². The minimum atomic E-state index is -3.17. The van der Waals surface area contributed by atoms with Gasteiger partial charge >= 0.3 is 0 Å².